The van der Waals surface area contributed by atoms with Gasteiger partial charge in [-0.1, -0.05) is 12.1 Å². The summed E-state index contributed by atoms with van der Waals surface area (Å²) in [4.78, 5) is 0. The normalized spacial score (nSPS) is 12.3. The van der Waals surface area contributed by atoms with Crippen LogP contribution in [0.5, 0.6) is 0 Å². The van der Waals surface area contributed by atoms with Gasteiger partial charge in [-0.3, -0.25) is 0 Å². The number of hydrogen-bond donors (Lipinski definition) is 1. The van der Waals surface area contributed by atoms with Crippen molar-refractivity contribution in [3.05, 3.63) is 29.8 Å². The monoisotopic (exact) mass is 250 g/mol. The zero-order valence-corrected chi connectivity index (χ0v) is 9.42. The number of hydrogen-bond acceptors (Lipinski definition) is 3. The summed E-state index contributed by atoms with van der Waals surface area (Å²) >= 11 is 0. The molecule has 0 saturated heterocycles. The number of sulfonamides is 1. The first-order chi connectivity index (χ1) is 7.34. The first-order valence-electron chi connectivity index (χ1n) is 4.42. The predicted octanol–water partition coefficient (Wildman–Crippen LogP) is 1.25. The van der Waals surface area contributed by atoms with Gasteiger partial charge in [0, 0.05) is 19.3 Å². The molecule has 1 rings (SSSR count). The van der Waals surface area contributed by atoms with Crippen molar-refractivity contribution in [3.63, 3.8) is 0 Å². The largest absolute Gasteiger partial charge is 0.399 e. The van der Waals surface area contributed by atoms with Gasteiger partial charge in [-0.25, -0.2) is 8.42 Å². The first kappa shape index (κ1) is 12.9. The Morgan fingerprint density at radius 1 is 1.44 bits per heavy atom. The topological polar surface area (TPSA) is 63.4 Å². The second-order valence-electron chi connectivity index (χ2n) is 3.31. The molecule has 90 valence electrons. The van der Waals surface area contributed by atoms with Crippen molar-refractivity contribution in [2.75, 3.05) is 12.8 Å². The molecule has 0 aliphatic carbocycles. The van der Waals surface area contributed by atoms with E-state index >= 15 is 0 Å². The van der Waals surface area contributed by atoms with Crippen LogP contribution in [0.4, 0.5) is 14.5 Å². The van der Waals surface area contributed by atoms with Crippen LogP contribution in [0.3, 0.4) is 0 Å². The fraction of sp³-hybridized carbons (Fsp3) is 0.333. The van der Waals surface area contributed by atoms with Gasteiger partial charge < -0.3 is 5.73 Å². The molecule has 0 aliphatic rings. The predicted molar refractivity (Wildman–Crippen MR) is 57.2 cm³/mol. The van der Waals surface area contributed by atoms with Gasteiger partial charge in [0.1, 0.15) is 0 Å². The molecular formula is C9H12F2N2O2S. The maximum absolute atomic E-state index is 12.2. The summed E-state index contributed by atoms with van der Waals surface area (Å²) in [5.74, 6) is -3.40. The van der Waals surface area contributed by atoms with Gasteiger partial charge in [-0.2, -0.15) is 13.1 Å². The number of nitrogen functional groups attached to an aromatic ring is 1. The Labute approximate surface area is 92.7 Å². The second-order valence-corrected chi connectivity index (χ2v) is 5.32. The van der Waals surface area contributed by atoms with Crippen LogP contribution in [-0.4, -0.2) is 25.5 Å². The Morgan fingerprint density at radius 2 is 2.06 bits per heavy atom. The second kappa shape index (κ2) is 4.75. The highest BCUT2D eigenvalue weighted by atomic mass is 32.2. The number of anilines is 1. The quantitative estimate of drug-likeness (QED) is 0.818. The van der Waals surface area contributed by atoms with Gasteiger partial charge in [0.25, 0.3) is 10.0 Å². The lowest BCUT2D eigenvalue weighted by Gasteiger charge is -2.16. The van der Waals surface area contributed by atoms with E-state index in [0.29, 0.717) is 15.6 Å². The molecule has 0 atom stereocenters. The lowest BCUT2D eigenvalue weighted by Crippen LogP contribution is -2.31. The molecule has 0 spiro atoms. The Bertz CT molecular complexity index is 462. The lowest BCUT2D eigenvalue weighted by molar-refractivity contribution is 0.222. The zero-order chi connectivity index (χ0) is 12.3. The van der Waals surface area contributed by atoms with E-state index in [9.17, 15) is 17.2 Å². The maximum atomic E-state index is 12.2. The third-order valence-electron chi connectivity index (χ3n) is 2.02. The average Bonchev–Trinajstić information content (AvgIpc) is 2.17. The molecule has 2 N–H and O–H groups in total. The highest BCUT2D eigenvalue weighted by Gasteiger charge is 2.28. The first-order valence-corrected chi connectivity index (χ1v) is 5.92. The number of halogens is 2. The number of alkyl halides is 2. The summed E-state index contributed by atoms with van der Waals surface area (Å²) in [5.41, 5.74) is 6.51. The van der Waals surface area contributed by atoms with Crippen LogP contribution in [0.25, 0.3) is 0 Å². The molecule has 1 aromatic rings. The number of nitrogens with two attached hydrogens (primary N) is 1. The van der Waals surface area contributed by atoms with Gasteiger partial charge in [0.05, 0.1) is 0 Å². The van der Waals surface area contributed by atoms with Gasteiger partial charge >= 0.3 is 5.76 Å². The summed E-state index contributed by atoms with van der Waals surface area (Å²) in [6.07, 6.45) is 0. The van der Waals surface area contributed by atoms with Crippen LogP contribution in [0, 0.1) is 0 Å². The minimum Gasteiger partial charge on any atom is -0.399 e. The van der Waals surface area contributed by atoms with Crippen molar-refractivity contribution >= 4 is 15.7 Å². The SMILES string of the molecule is CN(Cc1cccc(N)c1)S(=O)(=O)C(F)F. The maximum Gasteiger partial charge on any atom is 0.350 e. The number of benzene rings is 1. The van der Waals surface area contributed by atoms with E-state index < -0.39 is 15.8 Å². The Morgan fingerprint density at radius 3 is 2.56 bits per heavy atom. The Kier molecular flexibility index (Phi) is 3.82. The summed E-state index contributed by atoms with van der Waals surface area (Å²) in [6.45, 7) is -0.127. The molecule has 0 bridgehead atoms. The fourth-order valence-corrected chi connectivity index (χ4v) is 1.78. The summed E-state index contributed by atoms with van der Waals surface area (Å²) in [5, 5.41) is 0. The molecule has 0 aliphatic heterocycles. The average molecular weight is 250 g/mol. The third-order valence-corrected chi connectivity index (χ3v) is 3.46. The highest BCUT2D eigenvalue weighted by molar-refractivity contribution is 7.89. The lowest BCUT2D eigenvalue weighted by atomic mass is 10.2. The van der Waals surface area contributed by atoms with Crippen LogP contribution in [-0.2, 0) is 16.6 Å². The minimum absolute atomic E-state index is 0.127. The summed E-state index contributed by atoms with van der Waals surface area (Å²) < 4.78 is 47.1. The van der Waals surface area contributed by atoms with Crippen LogP contribution in [0.15, 0.2) is 24.3 Å². The Hall–Kier alpha value is -1.21. The summed E-state index contributed by atoms with van der Waals surface area (Å²) in [7, 11) is -3.43. The van der Waals surface area contributed by atoms with Crippen molar-refractivity contribution in [3.8, 4) is 0 Å². The van der Waals surface area contributed by atoms with Crippen LogP contribution in [0.2, 0.25) is 0 Å². The van der Waals surface area contributed by atoms with E-state index in [1.54, 1.807) is 18.2 Å². The molecular weight excluding hydrogens is 238 g/mol. The van der Waals surface area contributed by atoms with E-state index in [0.717, 1.165) is 7.05 Å². The standard InChI is InChI=1S/C9H12F2N2O2S/c1-13(16(14,15)9(10)11)6-7-3-2-4-8(12)5-7/h2-5,9H,6,12H2,1H3. The van der Waals surface area contributed by atoms with E-state index in [4.69, 9.17) is 5.73 Å². The van der Waals surface area contributed by atoms with Gasteiger partial charge in [0.2, 0.25) is 0 Å². The van der Waals surface area contributed by atoms with Gasteiger partial charge in [-0.15, -0.1) is 0 Å². The van der Waals surface area contributed by atoms with Gasteiger partial charge in [0.15, 0.2) is 0 Å². The zero-order valence-electron chi connectivity index (χ0n) is 8.60. The van der Waals surface area contributed by atoms with Crippen molar-refractivity contribution in [2.45, 2.75) is 12.3 Å². The molecule has 7 heteroatoms. The third kappa shape index (κ3) is 2.89. The van der Waals surface area contributed by atoms with E-state index in [1.165, 1.54) is 6.07 Å². The molecule has 0 unspecified atom stereocenters. The van der Waals surface area contributed by atoms with Crippen LogP contribution < -0.4 is 5.73 Å². The summed E-state index contributed by atoms with van der Waals surface area (Å²) in [6, 6.07) is 6.42. The van der Waals surface area contributed by atoms with Crippen LogP contribution >= 0.6 is 0 Å². The smallest absolute Gasteiger partial charge is 0.350 e. The molecule has 1 aromatic carbocycles. The number of nitrogens with zero attached hydrogens (tertiary/aromatic N) is 1. The molecule has 16 heavy (non-hydrogen) atoms. The molecule has 4 nitrogen and oxygen atoms in total. The molecule has 0 aromatic heterocycles. The Balaban J connectivity index is 2.83. The highest BCUT2D eigenvalue weighted by Crippen LogP contribution is 2.15. The van der Waals surface area contributed by atoms with Crippen molar-refractivity contribution in [1.82, 2.24) is 4.31 Å². The molecule has 0 heterocycles. The fourth-order valence-electron chi connectivity index (χ4n) is 1.17. The molecule has 0 saturated carbocycles. The molecule has 0 fully saturated rings. The molecule has 0 radical (unpaired) electrons. The minimum atomic E-state index is -4.53. The van der Waals surface area contributed by atoms with Gasteiger partial charge in [-0.05, 0) is 17.7 Å². The molecule has 0 amide bonds. The number of rotatable bonds is 4. The van der Waals surface area contributed by atoms with Crippen molar-refractivity contribution < 1.29 is 17.2 Å². The van der Waals surface area contributed by atoms with Crippen LogP contribution in [0.1, 0.15) is 5.56 Å². The van der Waals surface area contributed by atoms with Crippen molar-refractivity contribution in [2.24, 2.45) is 0 Å². The van der Waals surface area contributed by atoms with E-state index in [-0.39, 0.29) is 6.54 Å². The van der Waals surface area contributed by atoms with Crippen molar-refractivity contribution in [1.29, 1.82) is 0 Å². The van der Waals surface area contributed by atoms with E-state index in [1.807, 2.05) is 0 Å². The van der Waals surface area contributed by atoms with E-state index in [2.05, 4.69) is 0 Å².